The van der Waals surface area contributed by atoms with E-state index < -0.39 is 0 Å². The van der Waals surface area contributed by atoms with Gasteiger partial charge in [0.2, 0.25) is 0 Å². The van der Waals surface area contributed by atoms with Crippen LogP contribution in [0.5, 0.6) is 0 Å². The van der Waals surface area contributed by atoms with Gasteiger partial charge in [0.25, 0.3) is 0 Å². The van der Waals surface area contributed by atoms with E-state index in [4.69, 9.17) is 4.74 Å². The molecule has 23 heavy (non-hydrogen) atoms. The molecule has 4 nitrogen and oxygen atoms in total. The molecule has 0 N–H and O–H groups in total. The van der Waals surface area contributed by atoms with Crippen LogP contribution >= 0.6 is 0 Å². The molecule has 1 aliphatic carbocycles. The highest BCUT2D eigenvalue weighted by molar-refractivity contribution is 5.98. The van der Waals surface area contributed by atoms with Crippen LogP contribution < -0.4 is 0 Å². The fourth-order valence-electron chi connectivity index (χ4n) is 4.16. The van der Waals surface area contributed by atoms with Gasteiger partial charge in [0, 0.05) is 49.6 Å². The van der Waals surface area contributed by atoms with Gasteiger partial charge in [-0.1, -0.05) is 18.2 Å². The number of carbonyl (C=O) groups excluding carboxylic acids is 1. The number of hydrogen-bond donors (Lipinski definition) is 0. The quantitative estimate of drug-likeness (QED) is 0.800. The van der Waals surface area contributed by atoms with E-state index in [1.165, 1.54) is 34.5 Å². The molecule has 4 rings (SSSR count). The Bertz CT molecular complexity index is 818. The number of esters is 1. The minimum atomic E-state index is -0.204. The number of ether oxygens (including phenoxy) is 1. The van der Waals surface area contributed by atoms with Gasteiger partial charge in [0.15, 0.2) is 0 Å². The highest BCUT2D eigenvalue weighted by Crippen LogP contribution is 2.41. The Morgan fingerprint density at radius 1 is 1.35 bits per heavy atom. The van der Waals surface area contributed by atoms with Crippen molar-refractivity contribution in [2.45, 2.75) is 19.4 Å². The van der Waals surface area contributed by atoms with E-state index in [1.54, 1.807) is 0 Å². The maximum Gasteiger partial charge on any atom is 0.302 e. The molecule has 0 amide bonds. The van der Waals surface area contributed by atoms with E-state index in [1.807, 2.05) is 0 Å². The van der Waals surface area contributed by atoms with Crippen LogP contribution in [0.25, 0.3) is 16.5 Å². The second-order valence-electron chi connectivity index (χ2n) is 6.81. The minimum absolute atomic E-state index is 0.204. The van der Waals surface area contributed by atoms with Crippen LogP contribution in [0.4, 0.5) is 0 Å². The molecule has 0 fully saturated rings. The zero-order valence-corrected chi connectivity index (χ0v) is 13.9. The molecule has 4 heteroatoms. The molecule has 0 radical (unpaired) electrons. The molecule has 2 aromatic rings. The number of rotatable bonds is 2. The number of benzene rings is 1. The first-order chi connectivity index (χ1) is 11.0. The summed E-state index contributed by atoms with van der Waals surface area (Å²) in [5.74, 6) is 0.0555. The molecule has 1 aliphatic heterocycles. The van der Waals surface area contributed by atoms with Crippen molar-refractivity contribution in [2.24, 2.45) is 13.0 Å². The van der Waals surface area contributed by atoms with E-state index in [2.05, 4.69) is 54.0 Å². The molecule has 0 spiro atoms. The predicted octanol–water partition coefficient (Wildman–Crippen LogP) is 2.61. The lowest BCUT2D eigenvalue weighted by atomic mass is 9.80. The fraction of sp³-hybridized carbons (Fsp3) is 0.421. The van der Waals surface area contributed by atoms with E-state index in [-0.39, 0.29) is 11.9 Å². The first-order valence-corrected chi connectivity index (χ1v) is 8.17. The molecule has 2 heterocycles. The largest absolute Gasteiger partial charge is 0.465 e. The molecule has 2 atom stereocenters. The molecule has 1 aromatic carbocycles. The maximum atomic E-state index is 11.1. The molecule has 0 bridgehead atoms. The maximum absolute atomic E-state index is 11.1. The third kappa shape index (κ3) is 2.29. The van der Waals surface area contributed by atoms with E-state index in [0.717, 1.165) is 13.0 Å². The third-order valence-electron chi connectivity index (χ3n) is 5.15. The monoisotopic (exact) mass is 310 g/mol. The molecule has 0 unspecified atom stereocenters. The van der Waals surface area contributed by atoms with Gasteiger partial charge in [-0.15, -0.1) is 0 Å². The summed E-state index contributed by atoms with van der Waals surface area (Å²) in [4.78, 5) is 13.5. The van der Waals surface area contributed by atoms with Crippen molar-refractivity contribution in [2.75, 3.05) is 20.2 Å². The van der Waals surface area contributed by atoms with Crippen molar-refractivity contribution in [1.29, 1.82) is 0 Å². The molecule has 0 saturated heterocycles. The summed E-state index contributed by atoms with van der Waals surface area (Å²) in [6.45, 7) is 2.87. The number of aryl methyl sites for hydroxylation is 1. The van der Waals surface area contributed by atoms with Crippen LogP contribution in [0.1, 0.15) is 18.1 Å². The third-order valence-corrected chi connectivity index (χ3v) is 5.15. The van der Waals surface area contributed by atoms with Crippen molar-refractivity contribution >= 4 is 22.4 Å². The number of carbonyl (C=O) groups is 1. The average molecular weight is 310 g/mol. The summed E-state index contributed by atoms with van der Waals surface area (Å²) in [5.41, 5.74) is 5.46. The summed E-state index contributed by atoms with van der Waals surface area (Å²) < 4.78 is 7.47. The summed E-state index contributed by atoms with van der Waals surface area (Å²) in [7, 11) is 4.29. The standard InChI is InChI=1S/C19H22N2O2/c1-12(22)23-11-13-7-16-15-5-4-6-17-19(15)14(10-21(17)3)8-18(16)20(2)9-13/h4-7,10,13,18H,8-9,11H2,1-3H3/t13-,18-/m1/s1. The first kappa shape index (κ1) is 14.5. The summed E-state index contributed by atoms with van der Waals surface area (Å²) in [6.07, 6.45) is 5.65. The lowest BCUT2D eigenvalue weighted by Gasteiger charge is -2.39. The van der Waals surface area contributed by atoms with E-state index in [0.29, 0.717) is 12.6 Å². The van der Waals surface area contributed by atoms with Crippen molar-refractivity contribution < 1.29 is 9.53 Å². The number of nitrogens with zero attached hydrogens (tertiary/aromatic N) is 2. The first-order valence-electron chi connectivity index (χ1n) is 8.17. The number of hydrogen-bond acceptors (Lipinski definition) is 3. The molecular weight excluding hydrogens is 288 g/mol. The van der Waals surface area contributed by atoms with Crippen molar-refractivity contribution in [3.8, 4) is 0 Å². The van der Waals surface area contributed by atoms with Gasteiger partial charge in [0.1, 0.15) is 0 Å². The Balaban J connectivity index is 1.80. The minimum Gasteiger partial charge on any atom is -0.465 e. The van der Waals surface area contributed by atoms with Crippen LogP contribution in [0, 0.1) is 5.92 Å². The Morgan fingerprint density at radius 3 is 2.96 bits per heavy atom. The Hall–Kier alpha value is -2.07. The lowest BCUT2D eigenvalue weighted by molar-refractivity contribution is -0.142. The van der Waals surface area contributed by atoms with Crippen LogP contribution in [-0.4, -0.2) is 41.7 Å². The average Bonchev–Trinajstić information content (AvgIpc) is 2.84. The highest BCUT2D eigenvalue weighted by atomic mass is 16.5. The SMILES string of the molecule is CC(=O)OC[C@@H]1C=C2c3cccc4c3c(cn4C)C[C@H]2N(C)C1. The second-order valence-corrected chi connectivity index (χ2v) is 6.81. The topological polar surface area (TPSA) is 34.5 Å². The Morgan fingerprint density at radius 2 is 2.17 bits per heavy atom. The summed E-state index contributed by atoms with van der Waals surface area (Å²) in [5, 5.41) is 1.39. The van der Waals surface area contributed by atoms with Gasteiger partial charge >= 0.3 is 5.97 Å². The smallest absolute Gasteiger partial charge is 0.302 e. The normalized spacial score (nSPS) is 23.5. The van der Waals surface area contributed by atoms with E-state index in [9.17, 15) is 4.79 Å². The molecule has 0 saturated carbocycles. The van der Waals surface area contributed by atoms with Crippen molar-refractivity contribution in [3.63, 3.8) is 0 Å². The summed E-state index contributed by atoms with van der Waals surface area (Å²) in [6, 6.07) is 6.97. The number of aromatic nitrogens is 1. The van der Waals surface area contributed by atoms with Gasteiger partial charge in [-0.2, -0.15) is 0 Å². The van der Waals surface area contributed by atoms with Crippen LogP contribution in [0.2, 0.25) is 0 Å². The molecule has 2 aliphatic rings. The number of fused-ring (bicyclic) bond motifs is 2. The molecule has 120 valence electrons. The zero-order valence-electron chi connectivity index (χ0n) is 13.9. The molecule has 1 aromatic heterocycles. The number of likely N-dealkylation sites (N-methyl/N-ethyl adjacent to an activating group) is 1. The zero-order chi connectivity index (χ0) is 16.1. The molecular formula is C19H22N2O2. The Labute approximate surface area is 136 Å². The van der Waals surface area contributed by atoms with E-state index >= 15 is 0 Å². The van der Waals surface area contributed by atoms with Crippen LogP contribution in [0.3, 0.4) is 0 Å². The second kappa shape index (κ2) is 5.24. The van der Waals surface area contributed by atoms with Crippen LogP contribution in [-0.2, 0) is 23.0 Å². The highest BCUT2D eigenvalue weighted by Gasteiger charge is 2.34. The van der Waals surface area contributed by atoms with Gasteiger partial charge < -0.3 is 9.30 Å². The fourth-order valence-corrected chi connectivity index (χ4v) is 4.16. The van der Waals surface area contributed by atoms with Gasteiger partial charge in [-0.05, 0) is 36.2 Å². The van der Waals surface area contributed by atoms with Gasteiger partial charge in [0.05, 0.1) is 6.61 Å². The van der Waals surface area contributed by atoms with Crippen molar-refractivity contribution in [1.82, 2.24) is 9.47 Å². The lowest BCUT2D eigenvalue weighted by Crippen LogP contribution is -2.43. The summed E-state index contributed by atoms with van der Waals surface area (Å²) >= 11 is 0. The Kier molecular flexibility index (Phi) is 3.31. The van der Waals surface area contributed by atoms with Gasteiger partial charge in [-0.25, -0.2) is 0 Å². The van der Waals surface area contributed by atoms with Crippen molar-refractivity contribution in [3.05, 3.63) is 41.6 Å². The van der Waals surface area contributed by atoms with Crippen LogP contribution in [0.15, 0.2) is 30.5 Å². The van der Waals surface area contributed by atoms with Gasteiger partial charge in [-0.3, -0.25) is 9.69 Å². The predicted molar refractivity (Wildman–Crippen MR) is 91.1 cm³/mol.